The van der Waals surface area contributed by atoms with Crippen molar-refractivity contribution >= 4 is 15.9 Å². The summed E-state index contributed by atoms with van der Waals surface area (Å²) in [6.45, 7) is 3.47. The van der Waals surface area contributed by atoms with E-state index in [-0.39, 0.29) is 0 Å². The lowest BCUT2D eigenvalue weighted by Gasteiger charge is -2.32. The highest BCUT2D eigenvalue weighted by Gasteiger charge is 2.20. The van der Waals surface area contributed by atoms with Crippen LogP contribution in [-0.4, -0.2) is 38.8 Å². The van der Waals surface area contributed by atoms with Gasteiger partial charge in [0, 0.05) is 11.0 Å². The van der Waals surface area contributed by atoms with Crippen LogP contribution in [0.5, 0.6) is 11.5 Å². The zero-order chi connectivity index (χ0) is 18.4. The predicted octanol–water partition coefficient (Wildman–Crippen LogP) is 4.96. The van der Waals surface area contributed by atoms with Gasteiger partial charge in [0.2, 0.25) is 0 Å². The molecule has 1 aliphatic heterocycles. The number of para-hydroxylation sites is 1. The van der Waals surface area contributed by atoms with Gasteiger partial charge in [-0.1, -0.05) is 34.1 Å². The van der Waals surface area contributed by atoms with Crippen LogP contribution in [0.2, 0.25) is 0 Å². The third kappa shape index (κ3) is 5.01. The minimum Gasteiger partial charge on any atom is -0.497 e. The number of nitrogens with zero attached hydrogens (tertiary/aromatic N) is 1. The van der Waals surface area contributed by atoms with Crippen molar-refractivity contribution in [2.75, 3.05) is 33.9 Å². The Kier molecular flexibility index (Phi) is 6.98. The van der Waals surface area contributed by atoms with E-state index in [0.717, 1.165) is 36.8 Å². The molecule has 26 heavy (non-hydrogen) atoms. The normalized spacial score (nSPS) is 15.8. The molecule has 1 aliphatic rings. The molecule has 4 heteroatoms. The van der Waals surface area contributed by atoms with Crippen molar-refractivity contribution in [3.63, 3.8) is 0 Å². The number of methoxy groups -OCH3 is 2. The molecule has 0 saturated carbocycles. The molecule has 1 heterocycles. The molecule has 3 nitrogen and oxygen atoms in total. The van der Waals surface area contributed by atoms with Crippen molar-refractivity contribution in [2.24, 2.45) is 5.92 Å². The number of hydrogen-bond acceptors (Lipinski definition) is 3. The number of halogens is 1. The molecule has 0 amide bonds. The highest BCUT2D eigenvalue weighted by Crippen LogP contribution is 2.29. The van der Waals surface area contributed by atoms with Crippen LogP contribution in [0.3, 0.4) is 0 Å². The second-order valence-corrected chi connectivity index (χ2v) is 7.86. The van der Waals surface area contributed by atoms with E-state index in [1.165, 1.54) is 41.5 Å². The fourth-order valence-electron chi connectivity index (χ4n) is 3.75. The van der Waals surface area contributed by atoms with Gasteiger partial charge in [-0.05, 0) is 80.1 Å². The summed E-state index contributed by atoms with van der Waals surface area (Å²) in [6.07, 6.45) is 4.69. The standard InChI is InChI=1S/C22H28BrNO2/c1-25-20-7-8-21(23)19(16-20)15-17-9-12-24(13-10-17)14-11-18-5-3-4-6-22(18)26-2/h3-8,16-17H,9-15H2,1-2H3. The van der Waals surface area contributed by atoms with Crippen LogP contribution in [0.4, 0.5) is 0 Å². The first kappa shape index (κ1) is 19.2. The van der Waals surface area contributed by atoms with Crippen molar-refractivity contribution in [1.29, 1.82) is 0 Å². The highest BCUT2D eigenvalue weighted by molar-refractivity contribution is 9.10. The summed E-state index contributed by atoms with van der Waals surface area (Å²) in [4.78, 5) is 2.59. The van der Waals surface area contributed by atoms with Crippen LogP contribution in [0.15, 0.2) is 46.9 Å². The Morgan fingerprint density at radius 3 is 2.50 bits per heavy atom. The molecule has 2 aromatic carbocycles. The van der Waals surface area contributed by atoms with Crippen LogP contribution in [0, 0.1) is 5.92 Å². The molecule has 2 aromatic rings. The van der Waals surface area contributed by atoms with Gasteiger partial charge in [-0.25, -0.2) is 0 Å². The predicted molar refractivity (Wildman–Crippen MR) is 110 cm³/mol. The van der Waals surface area contributed by atoms with Gasteiger partial charge in [-0.15, -0.1) is 0 Å². The van der Waals surface area contributed by atoms with Crippen molar-refractivity contribution in [3.8, 4) is 11.5 Å². The molecule has 0 unspecified atom stereocenters. The molecular weight excluding hydrogens is 390 g/mol. The first-order valence-electron chi connectivity index (χ1n) is 9.36. The molecule has 1 saturated heterocycles. The van der Waals surface area contributed by atoms with Crippen molar-refractivity contribution in [3.05, 3.63) is 58.1 Å². The van der Waals surface area contributed by atoms with Crippen LogP contribution >= 0.6 is 15.9 Å². The third-order valence-electron chi connectivity index (χ3n) is 5.36. The van der Waals surface area contributed by atoms with Gasteiger partial charge >= 0.3 is 0 Å². The smallest absolute Gasteiger partial charge is 0.122 e. The molecule has 0 spiro atoms. The van der Waals surface area contributed by atoms with Crippen LogP contribution in [0.25, 0.3) is 0 Å². The lowest BCUT2D eigenvalue weighted by atomic mass is 9.90. The van der Waals surface area contributed by atoms with Gasteiger partial charge in [-0.3, -0.25) is 0 Å². The van der Waals surface area contributed by atoms with Crippen LogP contribution < -0.4 is 9.47 Å². The van der Waals surface area contributed by atoms with E-state index < -0.39 is 0 Å². The lowest BCUT2D eigenvalue weighted by Crippen LogP contribution is -2.35. The summed E-state index contributed by atoms with van der Waals surface area (Å²) in [7, 11) is 3.48. The Labute approximate surface area is 165 Å². The minimum absolute atomic E-state index is 0.751. The average molecular weight is 418 g/mol. The maximum atomic E-state index is 5.47. The zero-order valence-electron chi connectivity index (χ0n) is 15.7. The molecule has 140 valence electrons. The Hall–Kier alpha value is -1.52. The monoisotopic (exact) mass is 417 g/mol. The van der Waals surface area contributed by atoms with Gasteiger partial charge in [0.05, 0.1) is 14.2 Å². The SMILES string of the molecule is COc1ccc(Br)c(CC2CCN(CCc3ccccc3OC)CC2)c1. The molecule has 1 fully saturated rings. The first-order valence-corrected chi connectivity index (χ1v) is 10.2. The fourth-order valence-corrected chi connectivity index (χ4v) is 4.16. The summed E-state index contributed by atoms with van der Waals surface area (Å²) >= 11 is 3.68. The first-order chi connectivity index (χ1) is 12.7. The quantitative estimate of drug-likeness (QED) is 0.634. The molecule has 3 rings (SSSR count). The van der Waals surface area contributed by atoms with Gasteiger partial charge in [0.1, 0.15) is 11.5 Å². The Morgan fingerprint density at radius 1 is 1.00 bits per heavy atom. The molecule has 0 aromatic heterocycles. The zero-order valence-corrected chi connectivity index (χ0v) is 17.3. The minimum atomic E-state index is 0.751. The van der Waals surface area contributed by atoms with Crippen LogP contribution in [-0.2, 0) is 12.8 Å². The van der Waals surface area contributed by atoms with E-state index in [2.05, 4.69) is 45.1 Å². The van der Waals surface area contributed by atoms with Crippen molar-refractivity contribution < 1.29 is 9.47 Å². The number of hydrogen-bond donors (Lipinski definition) is 0. The third-order valence-corrected chi connectivity index (χ3v) is 6.13. The maximum Gasteiger partial charge on any atom is 0.122 e. The van der Waals surface area contributed by atoms with Gasteiger partial charge in [0.25, 0.3) is 0 Å². The van der Waals surface area contributed by atoms with E-state index in [4.69, 9.17) is 9.47 Å². The molecule has 0 N–H and O–H groups in total. The van der Waals surface area contributed by atoms with Crippen molar-refractivity contribution in [2.45, 2.75) is 25.7 Å². The van der Waals surface area contributed by atoms with Gasteiger partial charge in [0.15, 0.2) is 0 Å². The summed E-state index contributed by atoms with van der Waals surface area (Å²) in [5, 5.41) is 0. The lowest BCUT2D eigenvalue weighted by molar-refractivity contribution is 0.185. The number of piperidine rings is 1. The topological polar surface area (TPSA) is 21.7 Å². The second-order valence-electron chi connectivity index (χ2n) is 7.01. The average Bonchev–Trinajstić information content (AvgIpc) is 2.69. The Bertz CT molecular complexity index is 711. The number of rotatable bonds is 7. The number of ether oxygens (including phenoxy) is 2. The summed E-state index contributed by atoms with van der Waals surface area (Å²) in [6, 6.07) is 14.6. The fraction of sp³-hybridized carbons (Fsp3) is 0.455. The maximum absolute atomic E-state index is 5.47. The second kappa shape index (κ2) is 9.43. The van der Waals surface area contributed by atoms with E-state index in [1.54, 1.807) is 14.2 Å². The van der Waals surface area contributed by atoms with Gasteiger partial charge in [-0.2, -0.15) is 0 Å². The molecule has 0 bridgehead atoms. The summed E-state index contributed by atoms with van der Waals surface area (Å²) in [5.41, 5.74) is 2.66. The Balaban J connectivity index is 1.48. The summed E-state index contributed by atoms with van der Waals surface area (Å²) in [5.74, 6) is 2.70. The molecular formula is C22H28BrNO2. The number of benzene rings is 2. The van der Waals surface area contributed by atoms with Crippen LogP contribution in [0.1, 0.15) is 24.0 Å². The van der Waals surface area contributed by atoms with Crippen molar-refractivity contribution in [1.82, 2.24) is 4.90 Å². The highest BCUT2D eigenvalue weighted by atomic mass is 79.9. The van der Waals surface area contributed by atoms with E-state index >= 15 is 0 Å². The largest absolute Gasteiger partial charge is 0.497 e. The molecule has 0 radical (unpaired) electrons. The Morgan fingerprint density at radius 2 is 1.77 bits per heavy atom. The molecule has 0 atom stereocenters. The molecule has 0 aliphatic carbocycles. The van der Waals surface area contributed by atoms with E-state index in [1.807, 2.05) is 18.2 Å². The van der Waals surface area contributed by atoms with E-state index in [9.17, 15) is 0 Å². The van der Waals surface area contributed by atoms with E-state index in [0.29, 0.717) is 0 Å². The van der Waals surface area contributed by atoms with Gasteiger partial charge < -0.3 is 14.4 Å². The number of likely N-dealkylation sites (tertiary alicyclic amines) is 1. The summed E-state index contributed by atoms with van der Waals surface area (Å²) < 4.78 is 12.0.